The molecule has 0 atom stereocenters. The van der Waals surface area contributed by atoms with Crippen LogP contribution in [-0.4, -0.2) is 43.0 Å². The van der Waals surface area contributed by atoms with E-state index in [1.54, 1.807) is 14.2 Å². The smallest absolute Gasteiger partial charge is 0.270 e. The van der Waals surface area contributed by atoms with Gasteiger partial charge in [0.25, 0.3) is 11.6 Å². The Morgan fingerprint density at radius 1 is 1.53 bits per heavy atom. The van der Waals surface area contributed by atoms with Gasteiger partial charge >= 0.3 is 0 Å². The summed E-state index contributed by atoms with van der Waals surface area (Å²) >= 11 is 3.24. The van der Waals surface area contributed by atoms with E-state index in [1.807, 2.05) is 0 Å². The number of halogens is 1. The van der Waals surface area contributed by atoms with Gasteiger partial charge in [0, 0.05) is 43.9 Å². The zero-order valence-electron chi connectivity index (χ0n) is 10.8. The fourth-order valence-corrected chi connectivity index (χ4v) is 1.96. The van der Waals surface area contributed by atoms with E-state index in [1.165, 1.54) is 23.1 Å². The van der Waals surface area contributed by atoms with Gasteiger partial charge in [-0.3, -0.25) is 14.9 Å². The monoisotopic (exact) mass is 330 g/mol. The number of nitro benzene ring substituents is 1. The molecule has 104 valence electrons. The van der Waals surface area contributed by atoms with Crippen LogP contribution in [0.4, 0.5) is 5.69 Å². The molecule has 0 aromatic heterocycles. The summed E-state index contributed by atoms with van der Waals surface area (Å²) in [6.45, 7) is 1.09. The molecule has 1 rings (SSSR count). The van der Waals surface area contributed by atoms with E-state index in [-0.39, 0.29) is 17.2 Å². The van der Waals surface area contributed by atoms with Crippen molar-refractivity contribution in [2.24, 2.45) is 0 Å². The first kappa shape index (κ1) is 15.6. The molecule has 0 heterocycles. The van der Waals surface area contributed by atoms with Gasteiger partial charge in [0.05, 0.1) is 10.5 Å². The van der Waals surface area contributed by atoms with Crippen LogP contribution < -0.4 is 0 Å². The van der Waals surface area contributed by atoms with E-state index in [9.17, 15) is 14.9 Å². The van der Waals surface area contributed by atoms with Gasteiger partial charge in [-0.2, -0.15) is 0 Å². The summed E-state index contributed by atoms with van der Waals surface area (Å²) in [6.07, 6.45) is 0.714. The Morgan fingerprint density at radius 2 is 2.21 bits per heavy atom. The minimum atomic E-state index is -0.520. The summed E-state index contributed by atoms with van der Waals surface area (Å²) in [5.41, 5.74) is 0.186. The Bertz CT molecular complexity index is 479. The summed E-state index contributed by atoms with van der Waals surface area (Å²) < 4.78 is 5.46. The fourth-order valence-electron chi connectivity index (χ4n) is 1.54. The molecule has 0 aliphatic rings. The van der Waals surface area contributed by atoms with Crippen LogP contribution in [0.3, 0.4) is 0 Å². The molecule has 0 spiro atoms. The van der Waals surface area contributed by atoms with Crippen LogP contribution in [0.1, 0.15) is 16.8 Å². The van der Waals surface area contributed by atoms with Gasteiger partial charge in [-0.05, 0) is 28.4 Å². The molecule has 0 fully saturated rings. The number of carbonyl (C=O) groups is 1. The number of nitrogens with zero attached hydrogens (tertiary/aromatic N) is 2. The van der Waals surface area contributed by atoms with E-state index < -0.39 is 4.92 Å². The third-order valence-corrected chi connectivity index (χ3v) is 3.27. The topological polar surface area (TPSA) is 72.7 Å². The maximum Gasteiger partial charge on any atom is 0.270 e. The molecule has 0 N–H and O–H groups in total. The molecule has 0 saturated carbocycles. The Hall–Kier alpha value is -1.47. The van der Waals surface area contributed by atoms with Gasteiger partial charge in [-0.15, -0.1) is 0 Å². The van der Waals surface area contributed by atoms with Crippen molar-refractivity contribution >= 4 is 27.5 Å². The van der Waals surface area contributed by atoms with Crippen LogP contribution in [0.15, 0.2) is 22.7 Å². The van der Waals surface area contributed by atoms with Crippen LogP contribution in [-0.2, 0) is 4.74 Å². The second-order valence-electron chi connectivity index (χ2n) is 3.99. The molecule has 0 radical (unpaired) electrons. The normalized spacial score (nSPS) is 10.3. The lowest BCUT2D eigenvalue weighted by Gasteiger charge is -2.17. The molecule has 1 amide bonds. The van der Waals surface area contributed by atoms with Crippen molar-refractivity contribution in [1.29, 1.82) is 0 Å². The van der Waals surface area contributed by atoms with Crippen molar-refractivity contribution in [3.8, 4) is 0 Å². The van der Waals surface area contributed by atoms with Crippen molar-refractivity contribution in [2.75, 3.05) is 27.3 Å². The quantitative estimate of drug-likeness (QED) is 0.456. The highest BCUT2D eigenvalue weighted by Crippen LogP contribution is 2.23. The average molecular weight is 331 g/mol. The Morgan fingerprint density at radius 3 is 2.79 bits per heavy atom. The summed E-state index contributed by atoms with van der Waals surface area (Å²) in [6, 6.07) is 4.14. The first-order valence-corrected chi connectivity index (χ1v) is 6.45. The highest BCUT2D eigenvalue weighted by atomic mass is 79.9. The lowest BCUT2D eigenvalue weighted by molar-refractivity contribution is -0.384. The second kappa shape index (κ2) is 7.20. The second-order valence-corrected chi connectivity index (χ2v) is 4.85. The third-order valence-electron chi connectivity index (χ3n) is 2.58. The van der Waals surface area contributed by atoms with E-state index >= 15 is 0 Å². The van der Waals surface area contributed by atoms with Crippen LogP contribution in [0.2, 0.25) is 0 Å². The molecule has 1 aromatic rings. The maximum atomic E-state index is 12.2. The van der Waals surface area contributed by atoms with Crippen molar-refractivity contribution in [1.82, 2.24) is 4.90 Å². The van der Waals surface area contributed by atoms with Gasteiger partial charge in [0.15, 0.2) is 0 Å². The van der Waals surface area contributed by atoms with Crippen molar-refractivity contribution in [3.63, 3.8) is 0 Å². The molecule has 1 aromatic carbocycles. The molecule has 6 nitrogen and oxygen atoms in total. The van der Waals surface area contributed by atoms with E-state index in [4.69, 9.17) is 4.74 Å². The summed E-state index contributed by atoms with van der Waals surface area (Å²) in [5, 5.41) is 10.7. The van der Waals surface area contributed by atoms with E-state index in [0.29, 0.717) is 24.0 Å². The fraction of sp³-hybridized carbons (Fsp3) is 0.417. The standard InChI is InChI=1S/C12H15BrN2O4/c1-14(6-3-7-19-2)12(16)10-8-9(15(17)18)4-5-11(10)13/h4-5,8H,3,6-7H2,1-2H3. The van der Waals surface area contributed by atoms with E-state index in [2.05, 4.69) is 15.9 Å². The van der Waals surface area contributed by atoms with Gasteiger partial charge in [0.1, 0.15) is 0 Å². The minimum absolute atomic E-state index is 0.100. The average Bonchev–Trinajstić information content (AvgIpc) is 2.38. The van der Waals surface area contributed by atoms with Gasteiger partial charge in [-0.1, -0.05) is 0 Å². The molecule has 0 unspecified atom stereocenters. The number of benzene rings is 1. The van der Waals surface area contributed by atoms with Gasteiger partial charge in [-0.25, -0.2) is 0 Å². The number of non-ortho nitro benzene ring substituents is 1. The molecule has 0 saturated heterocycles. The van der Waals surface area contributed by atoms with Crippen LogP contribution in [0.5, 0.6) is 0 Å². The molecule has 0 bridgehead atoms. The Kier molecular flexibility index (Phi) is 5.91. The number of hydrogen-bond acceptors (Lipinski definition) is 4. The Balaban J connectivity index is 2.86. The third kappa shape index (κ3) is 4.29. The summed E-state index contributed by atoms with van der Waals surface area (Å²) in [5.74, 6) is -0.258. The highest BCUT2D eigenvalue weighted by molar-refractivity contribution is 9.10. The zero-order valence-corrected chi connectivity index (χ0v) is 12.3. The molecule has 0 aliphatic carbocycles. The first-order chi connectivity index (χ1) is 8.97. The van der Waals surface area contributed by atoms with Crippen molar-refractivity contribution in [3.05, 3.63) is 38.3 Å². The first-order valence-electron chi connectivity index (χ1n) is 5.65. The van der Waals surface area contributed by atoms with Crippen molar-refractivity contribution < 1.29 is 14.5 Å². The molecular weight excluding hydrogens is 316 g/mol. The SMILES string of the molecule is COCCCN(C)C(=O)c1cc([N+](=O)[O-])ccc1Br. The van der Waals surface area contributed by atoms with Crippen molar-refractivity contribution in [2.45, 2.75) is 6.42 Å². The summed E-state index contributed by atoms with van der Waals surface area (Å²) in [7, 11) is 3.25. The molecular formula is C12H15BrN2O4. The predicted octanol–water partition coefficient (Wildman–Crippen LogP) is 2.47. The number of amides is 1. The maximum absolute atomic E-state index is 12.2. The molecule has 7 heteroatoms. The summed E-state index contributed by atoms with van der Waals surface area (Å²) in [4.78, 5) is 23.9. The predicted molar refractivity (Wildman–Crippen MR) is 74.2 cm³/mol. The minimum Gasteiger partial charge on any atom is -0.385 e. The van der Waals surface area contributed by atoms with Crippen LogP contribution in [0, 0.1) is 10.1 Å². The lowest BCUT2D eigenvalue weighted by Crippen LogP contribution is -2.28. The van der Waals surface area contributed by atoms with Gasteiger partial charge < -0.3 is 9.64 Å². The highest BCUT2D eigenvalue weighted by Gasteiger charge is 2.18. The van der Waals surface area contributed by atoms with Gasteiger partial charge in [0.2, 0.25) is 0 Å². The number of nitro groups is 1. The van der Waals surface area contributed by atoms with E-state index in [0.717, 1.165) is 0 Å². The number of carbonyl (C=O) groups excluding carboxylic acids is 1. The number of rotatable bonds is 6. The Labute approximate surface area is 119 Å². The zero-order chi connectivity index (χ0) is 14.4. The number of methoxy groups -OCH3 is 1. The molecule has 19 heavy (non-hydrogen) atoms. The molecule has 0 aliphatic heterocycles. The lowest BCUT2D eigenvalue weighted by atomic mass is 10.2. The number of hydrogen-bond donors (Lipinski definition) is 0. The van der Waals surface area contributed by atoms with Crippen LogP contribution in [0.25, 0.3) is 0 Å². The largest absolute Gasteiger partial charge is 0.385 e. The van der Waals surface area contributed by atoms with Crippen LogP contribution >= 0.6 is 15.9 Å². The number of ether oxygens (including phenoxy) is 1.